The second-order valence-corrected chi connectivity index (χ2v) is 4.82. The van der Waals surface area contributed by atoms with Crippen molar-refractivity contribution < 1.29 is 17.4 Å². The average Bonchev–Trinajstić information content (AvgIpc) is 2.15. The summed E-state index contributed by atoms with van der Waals surface area (Å²) in [6.45, 7) is 1.68. The molecule has 0 saturated heterocycles. The van der Waals surface area contributed by atoms with Crippen LogP contribution in [0.25, 0.3) is 0 Å². The van der Waals surface area contributed by atoms with Gasteiger partial charge in [0.2, 0.25) is 0 Å². The summed E-state index contributed by atoms with van der Waals surface area (Å²) in [6, 6.07) is 2.21. The fraction of sp³-hybridized carbons (Fsp3) is 0.444. The molecule has 2 atom stereocenters. The smallest absolute Gasteiger partial charge is 0.259 e. The second-order valence-electron chi connectivity index (χ2n) is 3.12. The summed E-state index contributed by atoms with van der Waals surface area (Å²) < 4.78 is 47.6. The number of rotatable bonds is 2. The summed E-state index contributed by atoms with van der Waals surface area (Å²) in [5, 5.41) is -0.306. The van der Waals surface area contributed by atoms with Crippen LogP contribution in [0.5, 0.6) is 0 Å². The first kappa shape index (κ1) is 12.2. The molecule has 0 saturated carbocycles. The lowest BCUT2D eigenvalue weighted by Crippen LogP contribution is -2.09. The van der Waals surface area contributed by atoms with E-state index >= 15 is 0 Å². The highest BCUT2D eigenvalue weighted by molar-refractivity contribution is 7.84. The standard InChI is InChI=1S/C9H10F3NOS/c1-6(15(2)14)7-3-4-8(13-5-7)9(10,11)12/h3-6H,1-2H3. The molecule has 0 aliphatic heterocycles. The quantitative estimate of drug-likeness (QED) is 0.791. The van der Waals surface area contributed by atoms with Crippen molar-refractivity contribution in [1.29, 1.82) is 0 Å². The predicted octanol–water partition coefficient (Wildman–Crippen LogP) is 2.54. The van der Waals surface area contributed by atoms with Gasteiger partial charge in [0, 0.05) is 23.3 Å². The Morgan fingerprint density at radius 1 is 1.40 bits per heavy atom. The van der Waals surface area contributed by atoms with E-state index in [4.69, 9.17) is 0 Å². The summed E-state index contributed by atoms with van der Waals surface area (Å²) in [5.74, 6) is 0. The molecule has 1 aromatic heterocycles. The minimum atomic E-state index is -4.42. The van der Waals surface area contributed by atoms with Crippen molar-refractivity contribution in [3.63, 3.8) is 0 Å². The Hall–Kier alpha value is -0.910. The third kappa shape index (κ3) is 3.02. The summed E-state index contributed by atoms with van der Waals surface area (Å²) in [4.78, 5) is 3.29. The van der Waals surface area contributed by atoms with E-state index in [2.05, 4.69) is 4.98 Å². The summed E-state index contributed by atoms with van der Waals surface area (Å²) in [5.41, 5.74) is -0.385. The Balaban J connectivity index is 2.95. The van der Waals surface area contributed by atoms with Crippen molar-refractivity contribution in [2.24, 2.45) is 0 Å². The average molecular weight is 237 g/mol. The lowest BCUT2D eigenvalue weighted by atomic mass is 10.2. The highest BCUT2D eigenvalue weighted by atomic mass is 32.2. The van der Waals surface area contributed by atoms with Gasteiger partial charge in [0.05, 0.1) is 5.25 Å². The topological polar surface area (TPSA) is 30.0 Å². The largest absolute Gasteiger partial charge is 0.433 e. The van der Waals surface area contributed by atoms with E-state index in [1.807, 2.05) is 0 Å². The zero-order valence-electron chi connectivity index (χ0n) is 8.21. The van der Waals surface area contributed by atoms with Gasteiger partial charge in [-0.05, 0) is 18.6 Å². The highest BCUT2D eigenvalue weighted by Crippen LogP contribution is 2.28. The predicted molar refractivity (Wildman–Crippen MR) is 51.7 cm³/mol. The molecule has 1 aromatic rings. The number of aromatic nitrogens is 1. The molecule has 2 nitrogen and oxygen atoms in total. The maximum absolute atomic E-state index is 12.2. The Morgan fingerprint density at radius 3 is 2.33 bits per heavy atom. The monoisotopic (exact) mass is 237 g/mol. The summed E-state index contributed by atoms with van der Waals surface area (Å²) in [7, 11) is -1.11. The van der Waals surface area contributed by atoms with Crippen molar-refractivity contribution in [3.05, 3.63) is 29.6 Å². The first-order valence-electron chi connectivity index (χ1n) is 4.17. The molecule has 2 unspecified atom stereocenters. The normalized spacial score (nSPS) is 16.1. The third-order valence-corrected chi connectivity index (χ3v) is 3.31. The number of hydrogen-bond acceptors (Lipinski definition) is 2. The molecule has 1 heterocycles. The molecule has 0 aliphatic rings. The van der Waals surface area contributed by atoms with Crippen LogP contribution in [0, 0.1) is 0 Å². The van der Waals surface area contributed by atoms with Crippen LogP contribution in [0.2, 0.25) is 0 Å². The van der Waals surface area contributed by atoms with Crippen LogP contribution in [0.1, 0.15) is 23.4 Å². The van der Waals surface area contributed by atoms with Gasteiger partial charge in [-0.2, -0.15) is 13.2 Å². The first-order chi connectivity index (χ1) is 6.82. The van der Waals surface area contributed by atoms with Crippen LogP contribution in [0.3, 0.4) is 0 Å². The van der Waals surface area contributed by atoms with Gasteiger partial charge in [0.1, 0.15) is 5.69 Å². The molecule has 0 aliphatic carbocycles. The van der Waals surface area contributed by atoms with Crippen molar-refractivity contribution in [2.45, 2.75) is 18.3 Å². The fourth-order valence-electron chi connectivity index (χ4n) is 1.01. The SMILES string of the molecule is CC(c1ccc(C(F)(F)F)nc1)S(C)=O. The number of pyridine rings is 1. The maximum atomic E-state index is 12.2. The summed E-state index contributed by atoms with van der Waals surface area (Å²) >= 11 is 0. The Morgan fingerprint density at radius 2 is 2.00 bits per heavy atom. The van der Waals surface area contributed by atoms with Gasteiger partial charge in [0.15, 0.2) is 0 Å². The van der Waals surface area contributed by atoms with Crippen LogP contribution in [0.4, 0.5) is 13.2 Å². The second kappa shape index (κ2) is 4.30. The van der Waals surface area contributed by atoms with Gasteiger partial charge in [0.25, 0.3) is 0 Å². The Labute approximate surface area is 88.0 Å². The lowest BCUT2D eigenvalue weighted by Gasteiger charge is -2.10. The molecule has 0 bridgehead atoms. The third-order valence-electron chi connectivity index (χ3n) is 2.04. The fourth-order valence-corrected chi connectivity index (χ4v) is 1.53. The van der Waals surface area contributed by atoms with Gasteiger partial charge in [-0.1, -0.05) is 6.07 Å². The highest BCUT2D eigenvalue weighted by Gasteiger charge is 2.32. The Kier molecular flexibility index (Phi) is 3.49. The van der Waals surface area contributed by atoms with E-state index in [1.54, 1.807) is 6.92 Å². The van der Waals surface area contributed by atoms with E-state index < -0.39 is 22.7 Å². The molecular weight excluding hydrogens is 227 g/mol. The van der Waals surface area contributed by atoms with Crippen LogP contribution in [0.15, 0.2) is 18.3 Å². The van der Waals surface area contributed by atoms with Crippen molar-refractivity contribution in [1.82, 2.24) is 4.98 Å². The first-order valence-corrected chi connectivity index (χ1v) is 5.80. The number of alkyl halides is 3. The Bertz CT molecular complexity index is 361. The van der Waals surface area contributed by atoms with Gasteiger partial charge in [-0.15, -0.1) is 0 Å². The lowest BCUT2D eigenvalue weighted by molar-refractivity contribution is -0.141. The minimum Gasteiger partial charge on any atom is -0.259 e. The van der Waals surface area contributed by atoms with Crippen LogP contribution in [-0.2, 0) is 17.0 Å². The van der Waals surface area contributed by atoms with Gasteiger partial charge >= 0.3 is 6.18 Å². The van der Waals surface area contributed by atoms with Crippen molar-refractivity contribution in [2.75, 3.05) is 6.26 Å². The zero-order chi connectivity index (χ0) is 11.6. The zero-order valence-corrected chi connectivity index (χ0v) is 9.02. The van der Waals surface area contributed by atoms with Gasteiger partial charge in [-0.3, -0.25) is 9.19 Å². The molecule has 0 spiro atoms. The minimum absolute atomic E-state index is 0.306. The van der Waals surface area contributed by atoms with E-state index in [9.17, 15) is 17.4 Å². The molecule has 15 heavy (non-hydrogen) atoms. The molecule has 84 valence electrons. The van der Waals surface area contributed by atoms with Crippen LogP contribution >= 0.6 is 0 Å². The molecule has 0 radical (unpaired) electrons. The van der Waals surface area contributed by atoms with E-state index in [-0.39, 0.29) is 5.25 Å². The van der Waals surface area contributed by atoms with Crippen LogP contribution < -0.4 is 0 Å². The van der Waals surface area contributed by atoms with E-state index in [0.717, 1.165) is 12.3 Å². The molecule has 0 fully saturated rings. The molecule has 6 heteroatoms. The van der Waals surface area contributed by atoms with Crippen molar-refractivity contribution in [3.8, 4) is 0 Å². The molecule has 0 N–H and O–H groups in total. The van der Waals surface area contributed by atoms with Crippen LogP contribution in [-0.4, -0.2) is 15.4 Å². The van der Waals surface area contributed by atoms with Gasteiger partial charge < -0.3 is 0 Å². The van der Waals surface area contributed by atoms with E-state index in [0.29, 0.717) is 5.56 Å². The number of hydrogen-bond donors (Lipinski definition) is 0. The number of nitrogens with zero attached hydrogens (tertiary/aromatic N) is 1. The van der Waals surface area contributed by atoms with Gasteiger partial charge in [-0.25, -0.2) is 0 Å². The maximum Gasteiger partial charge on any atom is 0.433 e. The molecular formula is C9H10F3NOS. The van der Waals surface area contributed by atoms with Crippen molar-refractivity contribution >= 4 is 10.8 Å². The molecule has 0 amide bonds. The molecule has 0 aromatic carbocycles. The number of halogens is 3. The molecule has 1 rings (SSSR count). The van der Waals surface area contributed by atoms with E-state index in [1.165, 1.54) is 12.3 Å². The summed E-state index contributed by atoms with van der Waals surface area (Å²) in [6.07, 6.45) is -1.80.